The Morgan fingerprint density at radius 1 is 1.19 bits per heavy atom. The van der Waals surface area contributed by atoms with Gasteiger partial charge in [-0.05, 0) is 53.6 Å². The Morgan fingerprint density at radius 3 is 2.48 bits per heavy atom. The minimum absolute atomic E-state index is 0.236. The maximum absolute atomic E-state index is 12.7. The van der Waals surface area contributed by atoms with E-state index in [4.69, 9.17) is 0 Å². The lowest BCUT2D eigenvalue weighted by molar-refractivity contribution is -0.133. The zero-order chi connectivity index (χ0) is 19.6. The third-order valence-electron chi connectivity index (χ3n) is 4.33. The van der Waals surface area contributed by atoms with Crippen molar-refractivity contribution in [2.24, 2.45) is 0 Å². The van der Waals surface area contributed by atoms with Crippen molar-refractivity contribution in [3.8, 4) is 0 Å². The van der Waals surface area contributed by atoms with Crippen LogP contribution in [0.2, 0.25) is 0 Å². The highest BCUT2D eigenvalue weighted by molar-refractivity contribution is 7.08. The predicted molar refractivity (Wildman–Crippen MR) is 100 cm³/mol. The second-order valence-corrected chi connectivity index (χ2v) is 6.94. The molecule has 5 amide bonds. The molecule has 0 bridgehead atoms. The number of benzene rings is 1. The van der Waals surface area contributed by atoms with Crippen molar-refractivity contribution in [1.29, 1.82) is 0 Å². The van der Waals surface area contributed by atoms with Gasteiger partial charge in [0.25, 0.3) is 11.8 Å². The van der Waals surface area contributed by atoms with E-state index in [0.717, 1.165) is 4.90 Å². The molecule has 1 aliphatic rings. The Bertz CT molecular complexity index is 895. The number of imide groups is 1. The Balaban J connectivity index is 1.66. The lowest BCUT2D eigenvalue weighted by Crippen LogP contribution is -2.41. The average molecular weight is 386 g/mol. The number of rotatable bonds is 5. The molecule has 3 rings (SSSR count). The van der Waals surface area contributed by atoms with E-state index in [9.17, 15) is 19.2 Å². The molecule has 27 heavy (non-hydrogen) atoms. The first kappa shape index (κ1) is 18.6. The van der Waals surface area contributed by atoms with Crippen molar-refractivity contribution in [3.63, 3.8) is 0 Å². The lowest BCUT2D eigenvalue weighted by atomic mass is 9.95. The molecule has 1 saturated heterocycles. The summed E-state index contributed by atoms with van der Waals surface area (Å²) >= 11 is 1.42. The van der Waals surface area contributed by atoms with E-state index >= 15 is 0 Å². The minimum Gasteiger partial charge on any atom is -0.355 e. The van der Waals surface area contributed by atoms with Crippen LogP contribution in [0.4, 0.5) is 10.5 Å². The van der Waals surface area contributed by atoms with Crippen LogP contribution in [-0.4, -0.2) is 42.2 Å². The molecule has 2 heterocycles. The van der Waals surface area contributed by atoms with Crippen molar-refractivity contribution in [3.05, 3.63) is 52.2 Å². The molecule has 1 aliphatic heterocycles. The number of nitrogens with zero attached hydrogens (tertiary/aromatic N) is 1. The summed E-state index contributed by atoms with van der Waals surface area (Å²) in [6.45, 7) is 1.21. The van der Waals surface area contributed by atoms with Crippen LogP contribution in [-0.2, 0) is 15.1 Å². The van der Waals surface area contributed by atoms with E-state index in [1.165, 1.54) is 18.4 Å². The van der Waals surface area contributed by atoms with Gasteiger partial charge in [-0.25, -0.2) is 4.79 Å². The van der Waals surface area contributed by atoms with E-state index in [-0.39, 0.29) is 5.91 Å². The molecular formula is C18H18N4O4S. The Morgan fingerprint density at radius 2 is 1.89 bits per heavy atom. The average Bonchev–Trinajstić information content (AvgIpc) is 3.26. The molecule has 1 atom stereocenters. The van der Waals surface area contributed by atoms with Crippen LogP contribution in [0.5, 0.6) is 0 Å². The molecule has 2 aromatic rings. The van der Waals surface area contributed by atoms with Crippen molar-refractivity contribution < 1.29 is 19.2 Å². The van der Waals surface area contributed by atoms with Crippen molar-refractivity contribution >= 4 is 40.8 Å². The lowest BCUT2D eigenvalue weighted by Gasteiger charge is -2.20. The first-order valence-electron chi connectivity index (χ1n) is 8.14. The van der Waals surface area contributed by atoms with Gasteiger partial charge in [-0.2, -0.15) is 11.3 Å². The molecule has 0 radical (unpaired) electrons. The van der Waals surface area contributed by atoms with Crippen molar-refractivity contribution in [1.82, 2.24) is 15.5 Å². The maximum Gasteiger partial charge on any atom is 0.325 e. The molecular weight excluding hydrogens is 368 g/mol. The van der Waals surface area contributed by atoms with Gasteiger partial charge in [0.2, 0.25) is 5.91 Å². The smallest absolute Gasteiger partial charge is 0.325 e. The summed E-state index contributed by atoms with van der Waals surface area (Å²) < 4.78 is 0. The molecule has 9 heteroatoms. The summed E-state index contributed by atoms with van der Waals surface area (Å²) in [4.78, 5) is 49.6. The SMILES string of the molecule is CNC(=O)c1ccc(NC(=O)CN2C(=O)NC(C)(c3ccsc3)C2=O)cc1. The van der Waals surface area contributed by atoms with Crippen LogP contribution >= 0.6 is 11.3 Å². The zero-order valence-corrected chi connectivity index (χ0v) is 15.6. The second kappa shape index (κ2) is 7.20. The third-order valence-corrected chi connectivity index (χ3v) is 5.02. The van der Waals surface area contributed by atoms with Crippen LogP contribution < -0.4 is 16.0 Å². The molecule has 0 saturated carbocycles. The monoisotopic (exact) mass is 386 g/mol. The molecule has 1 aromatic heterocycles. The third kappa shape index (κ3) is 3.54. The molecule has 1 fully saturated rings. The number of carbonyl (C=O) groups is 4. The molecule has 0 aliphatic carbocycles. The van der Waals surface area contributed by atoms with Gasteiger partial charge in [0.05, 0.1) is 0 Å². The summed E-state index contributed by atoms with van der Waals surface area (Å²) in [6.07, 6.45) is 0. The van der Waals surface area contributed by atoms with Gasteiger partial charge in [0, 0.05) is 18.3 Å². The van der Waals surface area contributed by atoms with Gasteiger partial charge in [0.15, 0.2) is 0 Å². The topological polar surface area (TPSA) is 108 Å². The van der Waals surface area contributed by atoms with Crippen molar-refractivity contribution in [2.45, 2.75) is 12.5 Å². The number of amides is 5. The van der Waals surface area contributed by atoms with E-state index in [1.54, 1.807) is 42.6 Å². The van der Waals surface area contributed by atoms with Crippen LogP contribution in [0.15, 0.2) is 41.1 Å². The molecule has 1 aromatic carbocycles. The minimum atomic E-state index is -1.17. The van der Waals surface area contributed by atoms with Crippen LogP contribution in [0.1, 0.15) is 22.8 Å². The summed E-state index contributed by atoms with van der Waals surface area (Å²) in [5.41, 5.74) is 0.418. The number of hydrogen-bond donors (Lipinski definition) is 3. The summed E-state index contributed by atoms with van der Waals surface area (Å²) in [7, 11) is 1.53. The van der Waals surface area contributed by atoms with Gasteiger partial charge in [-0.1, -0.05) is 0 Å². The zero-order valence-electron chi connectivity index (χ0n) is 14.7. The quantitative estimate of drug-likeness (QED) is 0.677. The highest BCUT2D eigenvalue weighted by Gasteiger charge is 2.49. The first-order valence-corrected chi connectivity index (χ1v) is 9.08. The number of anilines is 1. The van der Waals surface area contributed by atoms with Gasteiger partial charge < -0.3 is 16.0 Å². The number of thiophene rings is 1. The van der Waals surface area contributed by atoms with Gasteiger partial charge in [0.1, 0.15) is 12.1 Å². The molecule has 0 spiro atoms. The molecule has 1 unspecified atom stereocenters. The number of hydrogen-bond acceptors (Lipinski definition) is 5. The number of carbonyl (C=O) groups excluding carboxylic acids is 4. The Kier molecular flexibility index (Phi) is 4.95. The Hall–Kier alpha value is -3.20. The summed E-state index contributed by atoms with van der Waals surface area (Å²) in [5.74, 6) is -1.23. The number of urea groups is 1. The van der Waals surface area contributed by atoms with Crippen LogP contribution in [0.3, 0.4) is 0 Å². The number of nitrogens with one attached hydrogen (secondary N) is 3. The van der Waals surface area contributed by atoms with Crippen molar-refractivity contribution in [2.75, 3.05) is 18.9 Å². The highest BCUT2D eigenvalue weighted by atomic mass is 32.1. The van der Waals surface area contributed by atoms with Gasteiger partial charge in [-0.3, -0.25) is 19.3 Å². The van der Waals surface area contributed by atoms with E-state index in [1.807, 2.05) is 5.38 Å². The maximum atomic E-state index is 12.7. The first-order chi connectivity index (χ1) is 12.8. The van der Waals surface area contributed by atoms with E-state index in [2.05, 4.69) is 16.0 Å². The largest absolute Gasteiger partial charge is 0.355 e. The van der Waals surface area contributed by atoms with Crippen LogP contribution in [0.25, 0.3) is 0 Å². The Labute approximate surface area is 159 Å². The van der Waals surface area contributed by atoms with E-state index < -0.39 is 29.9 Å². The van der Waals surface area contributed by atoms with Gasteiger partial charge >= 0.3 is 6.03 Å². The molecule has 140 valence electrons. The summed E-state index contributed by atoms with van der Waals surface area (Å²) in [6, 6.07) is 7.43. The second-order valence-electron chi connectivity index (χ2n) is 6.16. The fraction of sp³-hybridized carbons (Fsp3) is 0.222. The molecule has 8 nitrogen and oxygen atoms in total. The normalized spacial score (nSPS) is 19.0. The van der Waals surface area contributed by atoms with Crippen LogP contribution in [0, 0.1) is 0 Å². The standard InChI is InChI=1S/C18H18N4O4S/c1-18(12-7-8-27-10-12)16(25)22(17(26)21-18)9-14(23)20-13-5-3-11(4-6-13)15(24)19-2/h3-8,10H,9H2,1-2H3,(H,19,24)(H,20,23)(H,21,26). The highest BCUT2D eigenvalue weighted by Crippen LogP contribution is 2.30. The van der Waals surface area contributed by atoms with E-state index in [0.29, 0.717) is 16.8 Å². The fourth-order valence-corrected chi connectivity index (χ4v) is 3.54. The summed E-state index contributed by atoms with van der Waals surface area (Å²) in [5, 5.41) is 11.4. The molecule has 3 N–H and O–H groups in total. The fourth-order valence-electron chi connectivity index (χ4n) is 2.78. The predicted octanol–water partition coefficient (Wildman–Crippen LogP) is 1.51. The van der Waals surface area contributed by atoms with Gasteiger partial charge in [-0.15, -0.1) is 0 Å².